The van der Waals surface area contributed by atoms with Crippen molar-refractivity contribution in [3.63, 3.8) is 0 Å². The molecule has 1 aromatic carbocycles. The number of fused-ring (bicyclic) bond motifs is 1. The van der Waals surface area contributed by atoms with Crippen molar-refractivity contribution in [3.05, 3.63) is 71.0 Å². The lowest BCUT2D eigenvalue weighted by Crippen LogP contribution is -2.24. The van der Waals surface area contributed by atoms with Crippen LogP contribution in [0.2, 0.25) is 0 Å². The summed E-state index contributed by atoms with van der Waals surface area (Å²) in [6.07, 6.45) is -3.03. The molecular weight excluding hydrogens is 437 g/mol. The molecule has 8 nitrogen and oxygen atoms in total. The van der Waals surface area contributed by atoms with Crippen LogP contribution in [0.3, 0.4) is 0 Å². The largest absolute Gasteiger partial charge is 0.480 e. The third-order valence-corrected chi connectivity index (χ3v) is 4.79. The number of aryl methyl sites for hydroxylation is 1. The van der Waals surface area contributed by atoms with Crippen LogP contribution < -0.4 is 15.8 Å². The van der Waals surface area contributed by atoms with Gasteiger partial charge in [-0.25, -0.2) is 9.50 Å². The van der Waals surface area contributed by atoms with Crippen LogP contribution in [0.5, 0.6) is 5.88 Å². The van der Waals surface area contributed by atoms with Crippen LogP contribution in [-0.4, -0.2) is 32.6 Å². The number of nitrogens with two attached hydrogens (primary N) is 1. The number of hydrogen-bond acceptors (Lipinski definition) is 6. The van der Waals surface area contributed by atoms with Gasteiger partial charge in [-0.3, -0.25) is 4.79 Å². The number of pyridine rings is 2. The maximum atomic E-state index is 13.1. The zero-order valence-electron chi connectivity index (χ0n) is 19.4. The van der Waals surface area contributed by atoms with Gasteiger partial charge in [-0.15, -0.1) is 5.10 Å². The fourth-order valence-electron chi connectivity index (χ4n) is 3.23. The normalized spacial score (nSPS) is 12.9. The second-order valence-electron chi connectivity index (χ2n) is 7.02. The van der Waals surface area contributed by atoms with Crippen molar-refractivity contribution in [3.8, 4) is 17.0 Å². The SMILES string of the molecule is [2H]C([2H])(NC(=O)c1cc(-c2ccn3nc(N)nc3c2)c(C)nc1OC)c1cccc(C(F)(F)F)c1. The number of rotatable bonds is 5. The number of nitrogens with one attached hydrogen (secondary N) is 1. The van der Waals surface area contributed by atoms with Crippen molar-refractivity contribution in [2.45, 2.75) is 19.6 Å². The summed E-state index contributed by atoms with van der Waals surface area (Å²) in [6.45, 7) is -0.920. The molecule has 0 aliphatic carbocycles. The Morgan fingerprint density at radius 3 is 2.76 bits per heavy atom. The highest BCUT2D eigenvalue weighted by atomic mass is 19.4. The van der Waals surface area contributed by atoms with E-state index in [1.807, 2.05) is 0 Å². The molecule has 0 radical (unpaired) electrons. The molecule has 4 rings (SSSR count). The molecule has 0 unspecified atom stereocenters. The second kappa shape index (κ2) is 8.41. The van der Waals surface area contributed by atoms with Crippen molar-refractivity contribution in [1.29, 1.82) is 0 Å². The second-order valence-corrected chi connectivity index (χ2v) is 7.02. The number of carbonyl (C=O) groups excluding carboxylic acids is 1. The van der Waals surface area contributed by atoms with Crippen LogP contribution in [0.25, 0.3) is 16.8 Å². The average Bonchev–Trinajstić information content (AvgIpc) is 3.17. The van der Waals surface area contributed by atoms with Gasteiger partial charge in [-0.2, -0.15) is 18.2 Å². The van der Waals surface area contributed by atoms with Gasteiger partial charge in [0.2, 0.25) is 11.8 Å². The van der Waals surface area contributed by atoms with Crippen LogP contribution in [0.1, 0.15) is 29.9 Å². The lowest BCUT2D eigenvalue weighted by atomic mass is 10.0. The number of benzene rings is 1. The van der Waals surface area contributed by atoms with E-state index >= 15 is 0 Å². The standard InChI is InChI=1S/C22H19F3N6O2/c1-12-16(14-6-7-31-18(9-14)29-21(26)30-31)10-17(20(28-12)33-2)19(32)27-11-13-4-3-5-15(8-13)22(23,24)25/h3-10H,11H2,1-2H3,(H2,26,30)(H,27,32)/i11D2. The Labute approximate surface area is 189 Å². The van der Waals surface area contributed by atoms with Gasteiger partial charge in [0.25, 0.3) is 5.91 Å². The van der Waals surface area contributed by atoms with E-state index in [2.05, 4.69) is 20.4 Å². The number of methoxy groups -OCH3 is 1. The van der Waals surface area contributed by atoms with E-state index in [0.717, 1.165) is 18.2 Å². The predicted octanol–water partition coefficient (Wildman–Crippen LogP) is 3.64. The minimum Gasteiger partial charge on any atom is -0.480 e. The van der Waals surface area contributed by atoms with Crippen LogP contribution in [0.15, 0.2) is 48.7 Å². The minimum absolute atomic E-state index is 0.0728. The maximum Gasteiger partial charge on any atom is 0.416 e. The molecular formula is C22H19F3N6O2. The third kappa shape index (κ3) is 4.56. The topological polar surface area (TPSA) is 107 Å². The molecule has 4 aromatic rings. The van der Waals surface area contributed by atoms with Crippen LogP contribution in [0.4, 0.5) is 19.1 Å². The summed E-state index contributed by atoms with van der Waals surface area (Å²) in [5.74, 6) is -0.911. The number of alkyl halides is 3. The Balaban J connectivity index is 1.71. The number of anilines is 1. The number of amides is 1. The number of ether oxygens (including phenoxy) is 1. The highest BCUT2D eigenvalue weighted by Gasteiger charge is 2.30. The van der Waals surface area contributed by atoms with Gasteiger partial charge >= 0.3 is 6.18 Å². The van der Waals surface area contributed by atoms with Gasteiger partial charge in [0.15, 0.2) is 5.65 Å². The van der Waals surface area contributed by atoms with E-state index in [4.69, 9.17) is 13.2 Å². The van der Waals surface area contributed by atoms with Crippen LogP contribution in [0, 0.1) is 6.92 Å². The van der Waals surface area contributed by atoms with Gasteiger partial charge in [0, 0.05) is 24.0 Å². The van der Waals surface area contributed by atoms with Crippen LogP contribution >= 0.6 is 0 Å². The molecule has 0 aliphatic rings. The number of halogens is 3. The molecule has 0 fully saturated rings. The van der Waals surface area contributed by atoms with Crippen molar-refractivity contribution in [1.82, 2.24) is 24.9 Å². The van der Waals surface area contributed by atoms with Gasteiger partial charge in [0.05, 0.1) is 15.4 Å². The first-order valence-corrected chi connectivity index (χ1v) is 9.57. The fourth-order valence-corrected chi connectivity index (χ4v) is 3.23. The van der Waals surface area contributed by atoms with E-state index in [1.165, 1.54) is 17.7 Å². The first kappa shape index (κ1) is 19.5. The Hall–Kier alpha value is -4.15. The molecule has 0 saturated heterocycles. The molecule has 0 spiro atoms. The van der Waals surface area contributed by atoms with Gasteiger partial charge in [-0.1, -0.05) is 12.1 Å². The molecule has 0 saturated carbocycles. The van der Waals surface area contributed by atoms with Crippen molar-refractivity contribution < 1.29 is 25.4 Å². The zero-order valence-corrected chi connectivity index (χ0v) is 17.4. The average molecular weight is 458 g/mol. The summed E-state index contributed by atoms with van der Waals surface area (Å²) in [5, 5.41) is 6.14. The Bertz CT molecular complexity index is 1440. The van der Waals surface area contributed by atoms with Crippen molar-refractivity contribution in [2.24, 2.45) is 0 Å². The molecule has 0 atom stereocenters. The molecule has 11 heteroatoms. The lowest BCUT2D eigenvalue weighted by molar-refractivity contribution is -0.137. The summed E-state index contributed by atoms with van der Waals surface area (Å²) < 4.78 is 62.3. The lowest BCUT2D eigenvalue weighted by Gasteiger charge is -2.14. The molecule has 3 aromatic heterocycles. The first-order chi connectivity index (χ1) is 16.4. The van der Waals surface area contributed by atoms with Crippen molar-refractivity contribution >= 4 is 17.5 Å². The summed E-state index contributed by atoms with van der Waals surface area (Å²) >= 11 is 0. The molecule has 0 bridgehead atoms. The summed E-state index contributed by atoms with van der Waals surface area (Å²) in [6, 6.07) is 8.55. The third-order valence-electron chi connectivity index (χ3n) is 4.79. The highest BCUT2D eigenvalue weighted by Crippen LogP contribution is 2.30. The number of aromatic nitrogens is 4. The van der Waals surface area contributed by atoms with Gasteiger partial charge in [-0.05, 0) is 48.4 Å². The zero-order chi connectivity index (χ0) is 25.5. The summed E-state index contributed by atoms with van der Waals surface area (Å²) in [4.78, 5) is 21.5. The van der Waals surface area contributed by atoms with Crippen LogP contribution in [-0.2, 0) is 12.7 Å². The first-order valence-electron chi connectivity index (χ1n) is 10.6. The Morgan fingerprint density at radius 2 is 2.03 bits per heavy atom. The predicted molar refractivity (Wildman–Crippen MR) is 115 cm³/mol. The van der Waals surface area contributed by atoms with E-state index in [-0.39, 0.29) is 23.0 Å². The van der Waals surface area contributed by atoms with E-state index in [0.29, 0.717) is 28.5 Å². The molecule has 3 heterocycles. The number of carbonyl (C=O) groups is 1. The van der Waals surface area contributed by atoms with E-state index < -0.39 is 24.1 Å². The number of nitrogens with zero attached hydrogens (tertiary/aromatic N) is 4. The van der Waals surface area contributed by atoms with Gasteiger partial charge < -0.3 is 15.8 Å². The smallest absolute Gasteiger partial charge is 0.416 e. The monoisotopic (exact) mass is 458 g/mol. The quantitative estimate of drug-likeness (QED) is 0.473. The van der Waals surface area contributed by atoms with E-state index in [9.17, 15) is 18.0 Å². The maximum absolute atomic E-state index is 13.1. The summed E-state index contributed by atoms with van der Waals surface area (Å²) in [5.41, 5.74) is 6.25. The Kier molecular flexibility index (Phi) is 4.98. The number of hydrogen-bond donors (Lipinski definition) is 2. The fraction of sp³-hybridized carbons (Fsp3) is 0.182. The summed E-state index contributed by atoms with van der Waals surface area (Å²) in [7, 11) is 1.30. The molecule has 0 aliphatic heterocycles. The minimum atomic E-state index is -4.66. The van der Waals surface area contributed by atoms with Gasteiger partial charge in [0.1, 0.15) is 5.56 Å². The molecule has 1 amide bonds. The highest BCUT2D eigenvalue weighted by molar-refractivity contribution is 5.97. The molecule has 3 N–H and O–H groups in total. The molecule has 33 heavy (non-hydrogen) atoms. The number of nitrogen functional groups attached to an aromatic ring is 1. The molecule has 170 valence electrons. The Morgan fingerprint density at radius 1 is 1.24 bits per heavy atom. The van der Waals surface area contributed by atoms with E-state index in [1.54, 1.807) is 25.3 Å². The van der Waals surface area contributed by atoms with Crippen molar-refractivity contribution in [2.75, 3.05) is 12.8 Å².